The first-order valence-corrected chi connectivity index (χ1v) is 9.75. The molecule has 2 saturated heterocycles. The molecule has 150 valence electrons. The predicted octanol–water partition coefficient (Wildman–Crippen LogP) is 2.09. The molecule has 0 radical (unpaired) electrons. The zero-order valence-electron chi connectivity index (χ0n) is 16.5. The predicted molar refractivity (Wildman–Crippen MR) is 101 cm³/mol. The molecule has 6 atom stereocenters. The average Bonchev–Trinajstić information content (AvgIpc) is 2.94. The van der Waals surface area contributed by atoms with Crippen molar-refractivity contribution in [2.24, 2.45) is 5.92 Å². The van der Waals surface area contributed by atoms with Crippen LogP contribution in [-0.4, -0.2) is 67.4 Å². The van der Waals surface area contributed by atoms with Crippen LogP contribution in [0.25, 0.3) is 0 Å². The van der Waals surface area contributed by atoms with Gasteiger partial charge in [0.2, 0.25) is 0 Å². The lowest BCUT2D eigenvalue weighted by Crippen LogP contribution is -2.67. The van der Waals surface area contributed by atoms with Crippen LogP contribution >= 0.6 is 0 Å². The van der Waals surface area contributed by atoms with Gasteiger partial charge in [-0.05, 0) is 31.5 Å². The molecule has 0 N–H and O–H groups in total. The van der Waals surface area contributed by atoms with Crippen LogP contribution in [0.5, 0.6) is 5.75 Å². The molecule has 0 aromatic heterocycles. The Morgan fingerprint density at radius 2 is 2.18 bits per heavy atom. The minimum Gasteiger partial charge on any atom is -0.496 e. The number of hydrogen-bond donors (Lipinski definition) is 0. The molecule has 2 fully saturated rings. The van der Waals surface area contributed by atoms with Crippen LogP contribution in [0.1, 0.15) is 30.5 Å². The number of esters is 1. The second-order valence-corrected chi connectivity index (χ2v) is 8.02. The third-order valence-corrected chi connectivity index (χ3v) is 6.76. The number of methoxy groups -OCH3 is 1. The summed E-state index contributed by atoms with van der Waals surface area (Å²) < 4.78 is 24.9. The number of carbonyl (C=O) groups excluding carboxylic acids is 1. The van der Waals surface area contributed by atoms with E-state index in [4.69, 9.17) is 9.47 Å². The second-order valence-electron chi connectivity index (χ2n) is 8.02. The van der Waals surface area contributed by atoms with E-state index >= 15 is 0 Å². The topological polar surface area (TPSA) is 65.8 Å². The molecule has 0 unspecified atom stereocenters. The number of ether oxygens (including phenoxy) is 2. The van der Waals surface area contributed by atoms with Crippen molar-refractivity contribution in [2.75, 3.05) is 27.4 Å². The van der Waals surface area contributed by atoms with Crippen LogP contribution in [0.4, 0.5) is 4.39 Å². The van der Waals surface area contributed by atoms with Gasteiger partial charge in [-0.1, -0.05) is 12.1 Å². The molecule has 7 heteroatoms. The van der Waals surface area contributed by atoms with Crippen LogP contribution in [-0.2, 0) is 16.0 Å². The number of halogens is 1. The van der Waals surface area contributed by atoms with Crippen LogP contribution < -0.4 is 4.74 Å². The Balaban J connectivity index is 1.84. The van der Waals surface area contributed by atoms with E-state index in [9.17, 15) is 14.4 Å². The highest BCUT2D eigenvalue weighted by molar-refractivity contribution is 5.66. The van der Waals surface area contributed by atoms with Crippen LogP contribution in [0.15, 0.2) is 18.2 Å². The highest BCUT2D eigenvalue weighted by atomic mass is 19.1. The van der Waals surface area contributed by atoms with Crippen molar-refractivity contribution in [1.82, 2.24) is 9.80 Å². The van der Waals surface area contributed by atoms with Crippen molar-refractivity contribution in [3.8, 4) is 11.8 Å². The smallest absolute Gasteiger partial charge is 0.302 e. The number of benzene rings is 1. The number of carbonyl (C=O) groups is 1. The molecule has 3 heterocycles. The zero-order chi connectivity index (χ0) is 20.0. The minimum absolute atomic E-state index is 0.00526. The Kier molecular flexibility index (Phi) is 5.02. The summed E-state index contributed by atoms with van der Waals surface area (Å²) in [7, 11) is 3.63. The summed E-state index contributed by atoms with van der Waals surface area (Å²) in [5.41, 5.74) is 2.09. The average molecular weight is 387 g/mol. The molecule has 1 aromatic carbocycles. The molecule has 28 heavy (non-hydrogen) atoms. The van der Waals surface area contributed by atoms with E-state index in [1.54, 1.807) is 7.11 Å². The molecule has 4 rings (SSSR count). The highest BCUT2D eigenvalue weighted by Gasteiger charge is 2.58. The summed E-state index contributed by atoms with van der Waals surface area (Å²) in [6.07, 6.45) is 1.40. The van der Waals surface area contributed by atoms with Gasteiger partial charge < -0.3 is 9.47 Å². The molecule has 2 bridgehead atoms. The van der Waals surface area contributed by atoms with Gasteiger partial charge in [-0.3, -0.25) is 19.0 Å². The fourth-order valence-electron chi connectivity index (χ4n) is 5.71. The first-order valence-electron chi connectivity index (χ1n) is 9.75. The fraction of sp³-hybridized carbons (Fsp3) is 0.619. The van der Waals surface area contributed by atoms with E-state index < -0.39 is 0 Å². The van der Waals surface area contributed by atoms with Crippen LogP contribution in [0.3, 0.4) is 0 Å². The van der Waals surface area contributed by atoms with Crippen molar-refractivity contribution in [1.29, 1.82) is 5.26 Å². The third kappa shape index (κ3) is 2.78. The highest BCUT2D eigenvalue weighted by Crippen LogP contribution is 2.49. The molecule has 0 spiro atoms. The lowest BCUT2D eigenvalue weighted by molar-refractivity contribution is -0.145. The summed E-state index contributed by atoms with van der Waals surface area (Å²) in [5, 5.41) is 10.0. The second kappa shape index (κ2) is 7.34. The van der Waals surface area contributed by atoms with E-state index in [0.29, 0.717) is 6.42 Å². The molecule has 1 aromatic rings. The van der Waals surface area contributed by atoms with Gasteiger partial charge in [0.25, 0.3) is 0 Å². The number of rotatable bonds is 4. The lowest BCUT2D eigenvalue weighted by atomic mass is 9.80. The van der Waals surface area contributed by atoms with E-state index in [-0.39, 0.29) is 55.4 Å². The number of nitriles is 1. The van der Waals surface area contributed by atoms with Crippen molar-refractivity contribution >= 4 is 5.97 Å². The Bertz CT molecular complexity index is 811. The van der Waals surface area contributed by atoms with Crippen molar-refractivity contribution < 1.29 is 18.7 Å². The maximum atomic E-state index is 13.8. The summed E-state index contributed by atoms with van der Waals surface area (Å²) in [6.45, 7) is 1.16. The number of hydrogen-bond acceptors (Lipinski definition) is 6. The number of piperazine rings is 1. The Morgan fingerprint density at radius 3 is 2.82 bits per heavy atom. The van der Waals surface area contributed by atoms with Gasteiger partial charge in [0.15, 0.2) is 0 Å². The molecule has 0 amide bonds. The van der Waals surface area contributed by atoms with Crippen molar-refractivity contribution in [2.45, 2.75) is 50.0 Å². The molecule has 3 aliphatic heterocycles. The zero-order valence-corrected chi connectivity index (χ0v) is 16.5. The number of nitrogens with zero attached hydrogens (tertiary/aromatic N) is 3. The van der Waals surface area contributed by atoms with E-state index in [2.05, 4.69) is 21.9 Å². The van der Waals surface area contributed by atoms with Gasteiger partial charge in [-0.25, -0.2) is 0 Å². The maximum Gasteiger partial charge on any atom is 0.302 e. The number of likely N-dealkylation sites (N-methyl/N-ethyl adjacent to an activating group) is 1. The Hall–Kier alpha value is -2.17. The summed E-state index contributed by atoms with van der Waals surface area (Å²) >= 11 is 0. The molecule has 3 aliphatic rings. The first-order chi connectivity index (χ1) is 13.5. The SMILES string of the molecule is COc1cccc2c1[C@H](COC(C)=O)N1[C@@H](C#N)[C@@H]3C[C@@H](CF)[C@H]([C@@H]1C2)N3C. The maximum absolute atomic E-state index is 13.8. The molecule has 0 aliphatic carbocycles. The van der Waals surface area contributed by atoms with Crippen molar-refractivity contribution in [3.05, 3.63) is 29.3 Å². The lowest BCUT2D eigenvalue weighted by Gasteiger charge is -2.54. The number of fused-ring (bicyclic) bond motifs is 5. The third-order valence-electron chi connectivity index (χ3n) is 6.76. The van der Waals surface area contributed by atoms with Gasteiger partial charge in [-0.2, -0.15) is 5.26 Å². The minimum atomic E-state index is -0.388. The van der Waals surface area contributed by atoms with E-state index in [1.807, 2.05) is 19.2 Å². The van der Waals surface area contributed by atoms with Gasteiger partial charge in [-0.15, -0.1) is 0 Å². The molecular formula is C21H26FN3O3. The number of alkyl halides is 1. The fourth-order valence-corrected chi connectivity index (χ4v) is 5.71. The Morgan fingerprint density at radius 1 is 1.39 bits per heavy atom. The van der Waals surface area contributed by atoms with Gasteiger partial charge in [0, 0.05) is 36.5 Å². The summed E-state index contributed by atoms with van der Waals surface area (Å²) in [4.78, 5) is 15.9. The van der Waals surface area contributed by atoms with E-state index in [1.165, 1.54) is 6.92 Å². The monoisotopic (exact) mass is 387 g/mol. The molecular weight excluding hydrogens is 361 g/mol. The standard InChI is InChI=1S/C21H26FN3O3/c1-12(26)28-11-18-20-13(5-4-6-19(20)27-3)7-16-21-14(9-22)8-15(24(21)2)17(10-23)25(16)18/h4-6,14-18,21H,7-9,11H2,1-3H3/t14-,15-,16-,17-,18-,21+/m0/s1. The summed E-state index contributed by atoms with van der Waals surface area (Å²) in [6, 6.07) is 7.72. The van der Waals surface area contributed by atoms with Crippen molar-refractivity contribution in [3.63, 3.8) is 0 Å². The normalized spacial score (nSPS) is 34.2. The Labute approximate surface area is 164 Å². The largest absolute Gasteiger partial charge is 0.496 e. The van der Waals surface area contributed by atoms with Gasteiger partial charge >= 0.3 is 5.97 Å². The van der Waals surface area contributed by atoms with Crippen LogP contribution in [0.2, 0.25) is 0 Å². The van der Waals surface area contributed by atoms with E-state index in [0.717, 1.165) is 23.3 Å². The molecule has 0 saturated carbocycles. The van der Waals surface area contributed by atoms with Gasteiger partial charge in [0.1, 0.15) is 18.4 Å². The van der Waals surface area contributed by atoms with Gasteiger partial charge in [0.05, 0.1) is 25.9 Å². The van der Waals surface area contributed by atoms with Crippen LogP contribution in [0, 0.1) is 17.2 Å². The molecule has 6 nitrogen and oxygen atoms in total. The summed E-state index contributed by atoms with van der Waals surface area (Å²) in [5.74, 6) is 0.298. The quantitative estimate of drug-likeness (QED) is 0.737. The first kappa shape index (κ1) is 19.2.